The molecule has 0 fully saturated rings. The molecule has 20 heavy (non-hydrogen) atoms. The van der Waals surface area contributed by atoms with Crippen molar-refractivity contribution in [1.82, 2.24) is 15.5 Å². The fraction of sp³-hybridized carbons (Fsp3) is 0.429. The molecular formula is C14H17BrFN3S. The Morgan fingerprint density at radius 1 is 1.30 bits per heavy atom. The normalized spacial score (nSPS) is 11.8. The van der Waals surface area contributed by atoms with Gasteiger partial charge >= 0.3 is 0 Å². The van der Waals surface area contributed by atoms with Gasteiger partial charge in [-0.3, -0.25) is 0 Å². The van der Waals surface area contributed by atoms with Gasteiger partial charge in [0.15, 0.2) is 0 Å². The maximum absolute atomic E-state index is 13.2. The molecule has 1 aromatic carbocycles. The highest BCUT2D eigenvalue weighted by atomic mass is 79.9. The first-order valence-electron chi connectivity index (χ1n) is 6.38. The first kappa shape index (κ1) is 15.5. The molecule has 0 atom stereocenters. The molecule has 108 valence electrons. The lowest BCUT2D eigenvalue weighted by atomic mass is 10.1. The van der Waals surface area contributed by atoms with Crippen LogP contribution in [0.25, 0.3) is 10.6 Å². The number of halogens is 2. The molecule has 3 nitrogen and oxygen atoms in total. The van der Waals surface area contributed by atoms with Crippen LogP contribution in [0.2, 0.25) is 0 Å². The molecular weight excluding hydrogens is 341 g/mol. The number of aromatic nitrogens is 2. The largest absolute Gasteiger partial charge is 0.312 e. The number of hydrogen-bond donors (Lipinski definition) is 1. The molecule has 0 amide bonds. The number of rotatable bonds is 4. The van der Waals surface area contributed by atoms with Crippen LogP contribution in [-0.2, 0) is 6.42 Å². The quantitative estimate of drug-likeness (QED) is 0.897. The van der Waals surface area contributed by atoms with Crippen molar-refractivity contribution in [2.75, 3.05) is 6.54 Å². The molecule has 0 aliphatic carbocycles. The molecule has 1 aromatic heterocycles. The summed E-state index contributed by atoms with van der Waals surface area (Å²) in [6, 6.07) is 4.88. The van der Waals surface area contributed by atoms with Crippen LogP contribution >= 0.6 is 27.3 Å². The first-order chi connectivity index (χ1) is 9.35. The highest BCUT2D eigenvalue weighted by molar-refractivity contribution is 9.10. The Bertz CT molecular complexity index is 592. The summed E-state index contributed by atoms with van der Waals surface area (Å²) in [5.74, 6) is -0.270. The van der Waals surface area contributed by atoms with Crippen molar-refractivity contribution in [1.29, 1.82) is 0 Å². The van der Waals surface area contributed by atoms with E-state index in [-0.39, 0.29) is 11.4 Å². The van der Waals surface area contributed by atoms with Crippen LogP contribution in [0.4, 0.5) is 4.39 Å². The van der Waals surface area contributed by atoms with Crippen molar-refractivity contribution >= 4 is 27.3 Å². The molecule has 1 N–H and O–H groups in total. The molecule has 0 aliphatic rings. The van der Waals surface area contributed by atoms with Gasteiger partial charge in [-0.1, -0.05) is 11.3 Å². The molecule has 0 saturated heterocycles. The van der Waals surface area contributed by atoms with E-state index in [9.17, 15) is 4.39 Å². The van der Waals surface area contributed by atoms with Crippen LogP contribution in [0.15, 0.2) is 22.7 Å². The lowest BCUT2D eigenvalue weighted by molar-refractivity contribution is 0.429. The Kier molecular flexibility index (Phi) is 4.88. The summed E-state index contributed by atoms with van der Waals surface area (Å²) in [5, 5.41) is 13.6. The van der Waals surface area contributed by atoms with E-state index in [1.165, 1.54) is 6.07 Å². The second kappa shape index (κ2) is 6.28. The summed E-state index contributed by atoms with van der Waals surface area (Å²) in [7, 11) is 0. The van der Waals surface area contributed by atoms with Crippen molar-refractivity contribution < 1.29 is 4.39 Å². The van der Waals surface area contributed by atoms with Crippen molar-refractivity contribution in [2.24, 2.45) is 0 Å². The monoisotopic (exact) mass is 357 g/mol. The number of nitrogens with zero attached hydrogens (tertiary/aromatic N) is 2. The summed E-state index contributed by atoms with van der Waals surface area (Å²) in [5.41, 5.74) is 0.987. The highest BCUT2D eigenvalue weighted by Gasteiger charge is 2.11. The highest BCUT2D eigenvalue weighted by Crippen LogP contribution is 2.27. The third-order valence-corrected chi connectivity index (χ3v) is 4.27. The standard InChI is InChI=1S/C14H17BrFN3S/c1-14(2,3)17-7-6-12-18-19-13(20-12)9-4-5-11(16)10(15)8-9/h4-5,8,17H,6-7H2,1-3H3. The zero-order valence-electron chi connectivity index (χ0n) is 11.7. The van der Waals surface area contributed by atoms with Crippen LogP contribution in [0.1, 0.15) is 25.8 Å². The third-order valence-electron chi connectivity index (χ3n) is 2.63. The van der Waals surface area contributed by atoms with E-state index in [1.807, 2.05) is 0 Å². The predicted molar refractivity (Wildman–Crippen MR) is 84.5 cm³/mol. The van der Waals surface area contributed by atoms with Crippen molar-refractivity contribution in [3.63, 3.8) is 0 Å². The number of hydrogen-bond acceptors (Lipinski definition) is 4. The Balaban J connectivity index is 2.03. The lowest BCUT2D eigenvalue weighted by Gasteiger charge is -2.19. The fourth-order valence-corrected chi connectivity index (χ4v) is 2.86. The van der Waals surface area contributed by atoms with Crippen molar-refractivity contribution in [2.45, 2.75) is 32.7 Å². The SMILES string of the molecule is CC(C)(C)NCCc1nnc(-c2ccc(F)c(Br)c2)s1. The summed E-state index contributed by atoms with van der Waals surface area (Å²) in [6.07, 6.45) is 0.845. The smallest absolute Gasteiger partial charge is 0.147 e. The Labute approximate surface area is 130 Å². The molecule has 1 heterocycles. The summed E-state index contributed by atoms with van der Waals surface area (Å²) in [4.78, 5) is 0. The van der Waals surface area contributed by atoms with Gasteiger partial charge in [0, 0.05) is 24.1 Å². The van der Waals surface area contributed by atoms with E-state index in [2.05, 4.69) is 52.2 Å². The molecule has 0 radical (unpaired) electrons. The van der Waals surface area contributed by atoms with Gasteiger partial charge in [0.05, 0.1) is 4.47 Å². The molecule has 0 saturated carbocycles. The van der Waals surface area contributed by atoms with Gasteiger partial charge in [-0.2, -0.15) is 0 Å². The topological polar surface area (TPSA) is 37.8 Å². The van der Waals surface area contributed by atoms with E-state index in [0.29, 0.717) is 4.47 Å². The van der Waals surface area contributed by atoms with Crippen molar-refractivity contribution in [3.8, 4) is 10.6 Å². The molecule has 0 spiro atoms. The maximum atomic E-state index is 13.2. The Hall–Kier alpha value is -0.850. The van der Waals surface area contributed by atoms with E-state index >= 15 is 0 Å². The van der Waals surface area contributed by atoms with Gasteiger partial charge in [-0.05, 0) is 54.9 Å². The average Bonchev–Trinajstić information content (AvgIpc) is 2.80. The lowest BCUT2D eigenvalue weighted by Crippen LogP contribution is -2.37. The van der Waals surface area contributed by atoms with E-state index < -0.39 is 0 Å². The van der Waals surface area contributed by atoms with Gasteiger partial charge in [0.25, 0.3) is 0 Å². The maximum Gasteiger partial charge on any atom is 0.147 e. The average molecular weight is 358 g/mol. The minimum atomic E-state index is -0.270. The second-order valence-corrected chi connectivity index (χ2v) is 7.47. The minimum absolute atomic E-state index is 0.106. The third kappa shape index (κ3) is 4.33. The summed E-state index contributed by atoms with van der Waals surface area (Å²) in [6.45, 7) is 7.27. The molecule has 2 rings (SSSR count). The van der Waals surface area contributed by atoms with Gasteiger partial charge in [-0.15, -0.1) is 10.2 Å². The van der Waals surface area contributed by atoms with E-state index in [1.54, 1.807) is 23.5 Å². The van der Waals surface area contributed by atoms with Crippen LogP contribution in [-0.4, -0.2) is 22.3 Å². The summed E-state index contributed by atoms with van der Waals surface area (Å²) < 4.78 is 13.7. The molecule has 0 unspecified atom stereocenters. The predicted octanol–water partition coefficient (Wildman–Crippen LogP) is 4.04. The van der Waals surface area contributed by atoms with Crippen LogP contribution < -0.4 is 5.32 Å². The Morgan fingerprint density at radius 3 is 2.70 bits per heavy atom. The van der Waals surface area contributed by atoms with Gasteiger partial charge < -0.3 is 5.32 Å². The first-order valence-corrected chi connectivity index (χ1v) is 7.99. The van der Waals surface area contributed by atoms with E-state index in [0.717, 1.165) is 28.5 Å². The molecule has 2 aromatic rings. The Morgan fingerprint density at radius 2 is 2.05 bits per heavy atom. The zero-order chi connectivity index (χ0) is 14.8. The van der Waals surface area contributed by atoms with Crippen molar-refractivity contribution in [3.05, 3.63) is 33.5 Å². The molecule has 0 aliphatic heterocycles. The summed E-state index contributed by atoms with van der Waals surface area (Å²) >= 11 is 4.73. The molecule has 6 heteroatoms. The zero-order valence-corrected chi connectivity index (χ0v) is 14.1. The van der Waals surface area contributed by atoms with E-state index in [4.69, 9.17) is 0 Å². The number of nitrogens with one attached hydrogen (secondary N) is 1. The van der Waals surface area contributed by atoms with Crippen LogP contribution in [0, 0.1) is 5.82 Å². The van der Waals surface area contributed by atoms with Crippen LogP contribution in [0.5, 0.6) is 0 Å². The minimum Gasteiger partial charge on any atom is -0.312 e. The van der Waals surface area contributed by atoms with Crippen LogP contribution in [0.3, 0.4) is 0 Å². The molecule has 0 bridgehead atoms. The van der Waals surface area contributed by atoms with Gasteiger partial charge in [0.2, 0.25) is 0 Å². The van der Waals surface area contributed by atoms with Gasteiger partial charge in [-0.25, -0.2) is 4.39 Å². The second-order valence-electron chi connectivity index (χ2n) is 5.56. The number of benzene rings is 1. The fourth-order valence-electron chi connectivity index (χ4n) is 1.64. The van der Waals surface area contributed by atoms with Gasteiger partial charge in [0.1, 0.15) is 15.8 Å².